The van der Waals surface area contributed by atoms with E-state index in [1.807, 2.05) is 18.0 Å². The molecule has 1 atom stereocenters. The molecule has 8 heteroatoms. The van der Waals surface area contributed by atoms with Gasteiger partial charge in [-0.15, -0.1) is 5.10 Å². The van der Waals surface area contributed by atoms with E-state index in [9.17, 15) is 4.79 Å². The summed E-state index contributed by atoms with van der Waals surface area (Å²) >= 11 is 1.17. The first-order valence-electron chi connectivity index (χ1n) is 8.23. The van der Waals surface area contributed by atoms with Crippen LogP contribution < -0.4 is 0 Å². The van der Waals surface area contributed by atoms with Crippen molar-refractivity contribution in [1.29, 1.82) is 0 Å². The summed E-state index contributed by atoms with van der Waals surface area (Å²) in [6.45, 7) is 5.20. The highest BCUT2D eigenvalue weighted by molar-refractivity contribution is 7.07. The number of amides is 1. The highest BCUT2D eigenvalue weighted by Gasteiger charge is 2.32. The van der Waals surface area contributed by atoms with Crippen LogP contribution in [0.3, 0.4) is 0 Å². The van der Waals surface area contributed by atoms with Gasteiger partial charge in [0, 0.05) is 56.0 Å². The second kappa shape index (κ2) is 6.18. The predicted molar refractivity (Wildman–Crippen MR) is 90.0 cm³/mol. The number of aromatic nitrogens is 4. The summed E-state index contributed by atoms with van der Waals surface area (Å²) in [6, 6.07) is 0. The van der Waals surface area contributed by atoms with Crippen LogP contribution >= 0.6 is 11.5 Å². The van der Waals surface area contributed by atoms with Gasteiger partial charge >= 0.3 is 0 Å². The minimum Gasteiger partial charge on any atom is -0.337 e. The van der Waals surface area contributed by atoms with Crippen molar-refractivity contribution in [2.24, 2.45) is 0 Å². The normalized spacial score (nSPS) is 21.1. The van der Waals surface area contributed by atoms with Crippen molar-refractivity contribution in [2.45, 2.75) is 32.2 Å². The number of carbonyl (C=O) groups is 1. The van der Waals surface area contributed by atoms with E-state index in [0.29, 0.717) is 17.1 Å². The third-order valence-corrected chi connectivity index (χ3v) is 5.65. The van der Waals surface area contributed by atoms with Crippen LogP contribution in [0.4, 0.5) is 0 Å². The van der Waals surface area contributed by atoms with E-state index in [0.717, 1.165) is 38.3 Å². The maximum Gasteiger partial charge on any atom is 0.267 e. The third kappa shape index (κ3) is 2.80. The molecule has 4 heterocycles. The number of fused-ring (bicyclic) bond motifs is 1. The van der Waals surface area contributed by atoms with Gasteiger partial charge in [0.15, 0.2) is 0 Å². The number of likely N-dealkylation sites (N-methyl/N-ethyl adjacent to an activating group) is 1. The predicted octanol–water partition coefficient (Wildman–Crippen LogP) is 1.25. The Labute approximate surface area is 144 Å². The minimum atomic E-state index is 0.0320. The van der Waals surface area contributed by atoms with Crippen molar-refractivity contribution in [2.75, 3.05) is 26.7 Å². The van der Waals surface area contributed by atoms with E-state index >= 15 is 0 Å². The molecule has 2 aromatic rings. The average Bonchev–Trinajstić information content (AvgIpc) is 3.23. The summed E-state index contributed by atoms with van der Waals surface area (Å²) in [7, 11) is 2.12. The summed E-state index contributed by atoms with van der Waals surface area (Å²) in [5.74, 6) is 1.14. The Morgan fingerprint density at radius 1 is 1.38 bits per heavy atom. The fourth-order valence-corrected chi connectivity index (χ4v) is 4.02. The van der Waals surface area contributed by atoms with Crippen LogP contribution in [0.15, 0.2) is 6.20 Å². The van der Waals surface area contributed by atoms with Crippen molar-refractivity contribution < 1.29 is 4.79 Å². The Morgan fingerprint density at radius 3 is 3.04 bits per heavy atom. The van der Waals surface area contributed by atoms with E-state index in [-0.39, 0.29) is 11.8 Å². The zero-order valence-electron chi connectivity index (χ0n) is 13.9. The summed E-state index contributed by atoms with van der Waals surface area (Å²) in [5, 5.41) is 3.93. The van der Waals surface area contributed by atoms with Crippen LogP contribution in [-0.4, -0.2) is 61.9 Å². The van der Waals surface area contributed by atoms with Gasteiger partial charge in [-0.25, -0.2) is 9.97 Å². The Kier molecular flexibility index (Phi) is 4.01. The van der Waals surface area contributed by atoms with Gasteiger partial charge in [0.05, 0.1) is 5.69 Å². The largest absolute Gasteiger partial charge is 0.337 e. The van der Waals surface area contributed by atoms with Gasteiger partial charge in [0.25, 0.3) is 5.91 Å². The van der Waals surface area contributed by atoms with E-state index in [4.69, 9.17) is 4.98 Å². The highest BCUT2D eigenvalue weighted by atomic mass is 32.1. The number of nitrogens with zero attached hydrogens (tertiary/aromatic N) is 6. The topological polar surface area (TPSA) is 75.1 Å². The van der Waals surface area contributed by atoms with E-state index in [1.165, 1.54) is 22.8 Å². The average molecular weight is 344 g/mol. The summed E-state index contributed by atoms with van der Waals surface area (Å²) < 4.78 is 3.86. The molecule has 0 N–H and O–H groups in total. The first-order valence-corrected chi connectivity index (χ1v) is 9.00. The van der Waals surface area contributed by atoms with Crippen LogP contribution in [0.5, 0.6) is 0 Å². The van der Waals surface area contributed by atoms with Crippen molar-refractivity contribution in [3.8, 4) is 0 Å². The molecular formula is C16H20N6OS. The van der Waals surface area contributed by atoms with Crippen LogP contribution in [0.1, 0.15) is 44.8 Å². The molecule has 0 aromatic carbocycles. The van der Waals surface area contributed by atoms with Crippen LogP contribution in [-0.2, 0) is 13.0 Å². The Morgan fingerprint density at radius 2 is 2.25 bits per heavy atom. The summed E-state index contributed by atoms with van der Waals surface area (Å²) in [4.78, 5) is 26.8. The lowest BCUT2D eigenvalue weighted by Gasteiger charge is -2.24. The first-order chi connectivity index (χ1) is 11.6. The van der Waals surface area contributed by atoms with E-state index in [1.54, 1.807) is 0 Å². The molecule has 1 amide bonds. The van der Waals surface area contributed by atoms with Gasteiger partial charge in [0.2, 0.25) is 0 Å². The van der Waals surface area contributed by atoms with E-state index in [2.05, 4.69) is 26.5 Å². The SMILES string of the molecule is Cc1nnsc1C(=O)N1CCC(c2ncc3c(n2)CCN(C)C3)C1. The quantitative estimate of drug-likeness (QED) is 0.816. The molecule has 24 heavy (non-hydrogen) atoms. The highest BCUT2D eigenvalue weighted by Crippen LogP contribution is 2.28. The number of hydrogen-bond acceptors (Lipinski definition) is 7. The Bertz CT molecular complexity index is 776. The summed E-state index contributed by atoms with van der Waals surface area (Å²) in [6.07, 6.45) is 3.85. The van der Waals surface area contributed by atoms with Crippen LogP contribution in [0.2, 0.25) is 0 Å². The third-order valence-electron chi connectivity index (χ3n) is 4.83. The zero-order chi connectivity index (χ0) is 16.7. The van der Waals surface area contributed by atoms with Crippen LogP contribution in [0.25, 0.3) is 0 Å². The number of likely N-dealkylation sites (tertiary alicyclic amines) is 1. The lowest BCUT2D eigenvalue weighted by atomic mass is 10.1. The minimum absolute atomic E-state index is 0.0320. The second-order valence-electron chi connectivity index (χ2n) is 6.61. The van der Waals surface area contributed by atoms with Gasteiger partial charge in [-0.3, -0.25) is 4.79 Å². The van der Waals surface area contributed by atoms with Crippen molar-refractivity contribution in [1.82, 2.24) is 29.4 Å². The molecule has 4 rings (SSSR count). The molecule has 0 bridgehead atoms. The molecule has 126 valence electrons. The molecule has 2 aliphatic heterocycles. The second-order valence-corrected chi connectivity index (χ2v) is 7.37. The molecule has 7 nitrogen and oxygen atoms in total. The molecular weight excluding hydrogens is 324 g/mol. The maximum atomic E-state index is 12.6. The Hall–Kier alpha value is -1.93. The monoisotopic (exact) mass is 344 g/mol. The maximum absolute atomic E-state index is 12.6. The van der Waals surface area contributed by atoms with Crippen molar-refractivity contribution in [3.63, 3.8) is 0 Å². The molecule has 0 aliphatic carbocycles. The lowest BCUT2D eigenvalue weighted by molar-refractivity contribution is 0.0794. The van der Waals surface area contributed by atoms with Crippen molar-refractivity contribution >= 4 is 17.4 Å². The summed E-state index contributed by atoms with van der Waals surface area (Å²) in [5.41, 5.74) is 3.11. The smallest absolute Gasteiger partial charge is 0.267 e. The van der Waals surface area contributed by atoms with Gasteiger partial charge in [-0.1, -0.05) is 4.49 Å². The van der Waals surface area contributed by atoms with Gasteiger partial charge in [-0.05, 0) is 31.9 Å². The van der Waals surface area contributed by atoms with Crippen LogP contribution in [0, 0.1) is 6.92 Å². The number of carbonyl (C=O) groups excluding carboxylic acids is 1. The zero-order valence-corrected chi connectivity index (χ0v) is 14.7. The first kappa shape index (κ1) is 15.6. The lowest BCUT2D eigenvalue weighted by Crippen LogP contribution is -2.29. The molecule has 0 saturated carbocycles. The fraction of sp³-hybridized carbons (Fsp3) is 0.562. The molecule has 2 aliphatic rings. The molecule has 2 aromatic heterocycles. The standard InChI is InChI=1S/C16H20N6OS/c1-10-14(24-20-19-10)16(23)22-6-3-11(9-22)15-17-7-12-8-21(2)5-4-13(12)18-15/h7,11H,3-6,8-9H2,1-2H3. The van der Waals surface area contributed by atoms with Crippen molar-refractivity contribution in [3.05, 3.63) is 33.8 Å². The number of rotatable bonds is 2. The van der Waals surface area contributed by atoms with Gasteiger partial charge < -0.3 is 9.80 Å². The molecule has 1 saturated heterocycles. The molecule has 0 spiro atoms. The van der Waals surface area contributed by atoms with Gasteiger partial charge in [0.1, 0.15) is 10.7 Å². The fourth-order valence-electron chi connectivity index (χ4n) is 3.40. The van der Waals surface area contributed by atoms with E-state index < -0.39 is 0 Å². The molecule has 1 fully saturated rings. The number of aryl methyl sites for hydroxylation is 1. The Balaban J connectivity index is 1.49. The van der Waals surface area contributed by atoms with Gasteiger partial charge in [-0.2, -0.15) is 0 Å². The number of hydrogen-bond donors (Lipinski definition) is 0. The molecule has 0 radical (unpaired) electrons. The molecule has 1 unspecified atom stereocenters.